The van der Waals surface area contributed by atoms with Crippen molar-refractivity contribution in [2.45, 2.75) is 58.1 Å². The molecule has 110 valence electrons. The second-order valence-electron chi connectivity index (χ2n) is 6.17. The Morgan fingerprint density at radius 3 is 2.85 bits per heavy atom. The van der Waals surface area contributed by atoms with Crippen LogP contribution in [-0.2, 0) is 4.74 Å². The van der Waals surface area contributed by atoms with Crippen molar-refractivity contribution < 1.29 is 4.74 Å². The molecule has 5 heteroatoms. The van der Waals surface area contributed by atoms with Crippen LogP contribution in [0.5, 0.6) is 0 Å². The first-order valence-electron chi connectivity index (χ1n) is 7.60. The van der Waals surface area contributed by atoms with Crippen LogP contribution in [0.25, 0.3) is 0 Å². The van der Waals surface area contributed by atoms with Gasteiger partial charge in [-0.2, -0.15) is 0 Å². The molecule has 1 aromatic rings. The lowest BCUT2D eigenvalue weighted by Gasteiger charge is -2.39. The first-order valence-corrected chi connectivity index (χ1v) is 7.60. The van der Waals surface area contributed by atoms with Crippen molar-refractivity contribution in [1.29, 1.82) is 0 Å². The van der Waals surface area contributed by atoms with Gasteiger partial charge in [0.05, 0.1) is 18.8 Å². The Hall–Kier alpha value is -1.36. The molecule has 1 saturated carbocycles. The van der Waals surface area contributed by atoms with E-state index in [1.165, 1.54) is 12.8 Å². The predicted octanol–water partition coefficient (Wildman–Crippen LogP) is 2.25. The zero-order valence-electron chi connectivity index (χ0n) is 12.6. The topological polar surface area (TPSA) is 64.3 Å². The molecule has 2 atom stereocenters. The van der Waals surface area contributed by atoms with Crippen LogP contribution < -0.4 is 10.6 Å². The van der Waals surface area contributed by atoms with E-state index in [0.29, 0.717) is 18.0 Å². The van der Waals surface area contributed by atoms with E-state index in [-0.39, 0.29) is 5.92 Å². The van der Waals surface area contributed by atoms with E-state index < -0.39 is 0 Å². The van der Waals surface area contributed by atoms with Gasteiger partial charge in [-0.3, -0.25) is 0 Å². The van der Waals surface area contributed by atoms with Crippen LogP contribution in [0.2, 0.25) is 0 Å². The third kappa shape index (κ3) is 2.24. The van der Waals surface area contributed by atoms with Gasteiger partial charge in [0.2, 0.25) is 0 Å². The molecular weight excluding hydrogens is 252 g/mol. The highest BCUT2D eigenvalue weighted by atomic mass is 16.5. The fraction of sp³-hybridized carbons (Fsp3) is 0.733. The molecule has 2 unspecified atom stereocenters. The Balaban J connectivity index is 1.99. The van der Waals surface area contributed by atoms with Crippen LogP contribution in [0.1, 0.15) is 50.4 Å². The van der Waals surface area contributed by atoms with Crippen molar-refractivity contribution in [3.05, 3.63) is 11.4 Å². The highest BCUT2D eigenvalue weighted by Crippen LogP contribution is 2.35. The molecule has 3 rings (SSSR count). The van der Waals surface area contributed by atoms with Gasteiger partial charge in [0, 0.05) is 18.0 Å². The zero-order valence-corrected chi connectivity index (χ0v) is 12.6. The van der Waals surface area contributed by atoms with E-state index in [0.717, 1.165) is 36.8 Å². The minimum Gasteiger partial charge on any atom is -0.383 e. The van der Waals surface area contributed by atoms with Gasteiger partial charge in [-0.1, -0.05) is 13.8 Å². The largest absolute Gasteiger partial charge is 0.383 e. The van der Waals surface area contributed by atoms with Crippen molar-refractivity contribution >= 4 is 11.6 Å². The normalized spacial score (nSPS) is 26.1. The van der Waals surface area contributed by atoms with Crippen LogP contribution in [0.4, 0.5) is 11.6 Å². The lowest BCUT2D eigenvalue weighted by Crippen LogP contribution is -2.49. The first-order chi connectivity index (χ1) is 9.58. The van der Waals surface area contributed by atoms with E-state index in [2.05, 4.69) is 23.7 Å². The number of hydrogen-bond donors (Lipinski definition) is 1. The Morgan fingerprint density at radius 2 is 2.10 bits per heavy atom. The quantitative estimate of drug-likeness (QED) is 0.897. The molecule has 0 radical (unpaired) electrons. The van der Waals surface area contributed by atoms with Gasteiger partial charge in [-0.25, -0.2) is 9.97 Å². The Kier molecular flexibility index (Phi) is 3.54. The maximum Gasteiger partial charge on any atom is 0.137 e. The Morgan fingerprint density at radius 1 is 1.30 bits per heavy atom. The lowest BCUT2D eigenvalue weighted by molar-refractivity contribution is 0.0252. The monoisotopic (exact) mass is 276 g/mol. The summed E-state index contributed by atoms with van der Waals surface area (Å²) in [6.45, 7) is 7.91. The molecule has 2 fully saturated rings. The second kappa shape index (κ2) is 5.20. The molecule has 0 aromatic carbocycles. The van der Waals surface area contributed by atoms with Crippen molar-refractivity contribution in [2.24, 2.45) is 0 Å². The molecule has 2 N–H and O–H groups in total. The van der Waals surface area contributed by atoms with E-state index >= 15 is 0 Å². The summed E-state index contributed by atoms with van der Waals surface area (Å²) in [6.07, 6.45) is 3.95. The molecule has 1 saturated heterocycles. The van der Waals surface area contributed by atoms with Crippen LogP contribution in [0.3, 0.4) is 0 Å². The predicted molar refractivity (Wildman–Crippen MR) is 80.0 cm³/mol. The maximum absolute atomic E-state index is 6.09. The van der Waals surface area contributed by atoms with Crippen molar-refractivity contribution in [1.82, 2.24) is 9.97 Å². The third-order valence-electron chi connectivity index (χ3n) is 4.45. The third-order valence-corrected chi connectivity index (χ3v) is 4.45. The molecule has 1 aromatic heterocycles. The highest BCUT2D eigenvalue weighted by Gasteiger charge is 2.37. The highest BCUT2D eigenvalue weighted by molar-refractivity contribution is 5.57. The number of nitrogens with zero attached hydrogens (tertiary/aromatic N) is 3. The molecule has 1 aliphatic carbocycles. The van der Waals surface area contributed by atoms with Gasteiger partial charge in [-0.15, -0.1) is 0 Å². The average molecular weight is 276 g/mol. The Labute approximate surface area is 120 Å². The van der Waals surface area contributed by atoms with E-state index in [9.17, 15) is 0 Å². The standard InChI is InChI=1S/C15H24N4O/c1-9(2)14-17-13(16)10(3)15(18-14)19-7-8-20-12-6-4-5-11(12)19/h9,11-12H,4-8H2,1-3H3,(H2,16,17,18). The van der Waals surface area contributed by atoms with Gasteiger partial charge in [0.25, 0.3) is 0 Å². The Bertz CT molecular complexity index is 503. The van der Waals surface area contributed by atoms with Crippen molar-refractivity contribution in [3.63, 3.8) is 0 Å². The molecule has 1 aliphatic heterocycles. The van der Waals surface area contributed by atoms with Crippen LogP contribution in [-0.4, -0.2) is 35.3 Å². The summed E-state index contributed by atoms with van der Waals surface area (Å²) in [5.41, 5.74) is 7.10. The molecule has 20 heavy (non-hydrogen) atoms. The molecule has 0 amide bonds. The maximum atomic E-state index is 6.09. The number of rotatable bonds is 2. The van der Waals surface area contributed by atoms with Crippen LogP contribution >= 0.6 is 0 Å². The summed E-state index contributed by atoms with van der Waals surface area (Å²) < 4.78 is 5.89. The van der Waals surface area contributed by atoms with E-state index in [1.54, 1.807) is 0 Å². The van der Waals surface area contributed by atoms with Crippen LogP contribution in [0.15, 0.2) is 0 Å². The zero-order chi connectivity index (χ0) is 14.3. The minimum atomic E-state index is 0.289. The van der Waals surface area contributed by atoms with Gasteiger partial charge >= 0.3 is 0 Å². The molecular formula is C15H24N4O. The number of nitrogen functional groups attached to an aromatic ring is 1. The van der Waals surface area contributed by atoms with Crippen molar-refractivity contribution in [3.8, 4) is 0 Å². The van der Waals surface area contributed by atoms with Crippen LogP contribution in [0, 0.1) is 6.92 Å². The van der Waals surface area contributed by atoms with Gasteiger partial charge in [0.15, 0.2) is 0 Å². The second-order valence-corrected chi connectivity index (χ2v) is 6.17. The van der Waals surface area contributed by atoms with E-state index in [4.69, 9.17) is 15.5 Å². The summed E-state index contributed by atoms with van der Waals surface area (Å²) in [4.78, 5) is 11.6. The number of anilines is 2. The fourth-order valence-electron chi connectivity index (χ4n) is 3.27. The number of ether oxygens (including phenoxy) is 1. The molecule has 2 aliphatic rings. The summed E-state index contributed by atoms with van der Waals surface area (Å²) in [5.74, 6) is 2.75. The summed E-state index contributed by atoms with van der Waals surface area (Å²) in [7, 11) is 0. The SMILES string of the molecule is Cc1c(N)nc(C(C)C)nc1N1CCOC2CCCC21. The first kappa shape index (κ1) is 13.6. The van der Waals surface area contributed by atoms with E-state index in [1.807, 2.05) is 6.92 Å². The minimum absolute atomic E-state index is 0.289. The number of morpholine rings is 1. The average Bonchev–Trinajstić information content (AvgIpc) is 2.89. The van der Waals surface area contributed by atoms with Gasteiger partial charge in [0.1, 0.15) is 17.5 Å². The smallest absolute Gasteiger partial charge is 0.137 e. The summed E-state index contributed by atoms with van der Waals surface area (Å²) in [6, 6.07) is 0.455. The summed E-state index contributed by atoms with van der Waals surface area (Å²) in [5, 5.41) is 0. The summed E-state index contributed by atoms with van der Waals surface area (Å²) >= 11 is 0. The number of aromatic nitrogens is 2. The molecule has 0 bridgehead atoms. The van der Waals surface area contributed by atoms with Gasteiger partial charge < -0.3 is 15.4 Å². The number of fused-ring (bicyclic) bond motifs is 1. The lowest BCUT2D eigenvalue weighted by atomic mass is 10.1. The number of hydrogen-bond acceptors (Lipinski definition) is 5. The molecule has 2 heterocycles. The fourth-order valence-corrected chi connectivity index (χ4v) is 3.27. The van der Waals surface area contributed by atoms with Crippen molar-refractivity contribution in [2.75, 3.05) is 23.8 Å². The molecule has 5 nitrogen and oxygen atoms in total. The van der Waals surface area contributed by atoms with Gasteiger partial charge in [-0.05, 0) is 26.2 Å². The number of nitrogens with two attached hydrogens (primary N) is 1. The molecule has 0 spiro atoms.